The third-order valence-electron chi connectivity index (χ3n) is 3.59. The molecule has 2 atom stereocenters. The normalized spacial score (nSPS) is 21.7. The van der Waals surface area contributed by atoms with Crippen molar-refractivity contribution in [2.45, 2.75) is 37.5 Å². The van der Waals surface area contributed by atoms with Gasteiger partial charge in [0.05, 0.1) is 7.11 Å². The molecule has 4 nitrogen and oxygen atoms in total. The molecule has 1 aliphatic rings. The van der Waals surface area contributed by atoms with Crippen molar-refractivity contribution in [1.29, 1.82) is 0 Å². The van der Waals surface area contributed by atoms with Crippen LogP contribution < -0.4 is 10.1 Å². The molecule has 2 N–H and O–H groups in total. The minimum atomic E-state index is -0.128. The number of ether oxygens (including phenoxy) is 1. The zero-order chi connectivity index (χ0) is 14.5. The monoisotopic (exact) mass is 295 g/mol. The van der Waals surface area contributed by atoms with E-state index in [1.54, 1.807) is 12.1 Å². The smallest absolute Gasteiger partial charge is 0.251 e. The van der Waals surface area contributed by atoms with Gasteiger partial charge in [-0.1, -0.05) is 13.3 Å². The highest BCUT2D eigenvalue weighted by Gasteiger charge is 2.28. The van der Waals surface area contributed by atoms with Crippen LogP contribution in [0.25, 0.3) is 0 Å². The van der Waals surface area contributed by atoms with E-state index in [1.165, 1.54) is 13.2 Å². The van der Waals surface area contributed by atoms with Gasteiger partial charge in [0.2, 0.25) is 0 Å². The van der Waals surface area contributed by atoms with Gasteiger partial charge in [0, 0.05) is 16.9 Å². The van der Waals surface area contributed by atoms with Gasteiger partial charge in [-0.2, -0.15) is 11.8 Å². The zero-order valence-electron chi connectivity index (χ0n) is 11.9. The predicted octanol–water partition coefficient (Wildman–Crippen LogP) is 2.80. The molecule has 0 spiro atoms. The number of phenols is 1. The summed E-state index contributed by atoms with van der Waals surface area (Å²) < 4.78 is 4.98. The fourth-order valence-electron chi connectivity index (χ4n) is 2.59. The van der Waals surface area contributed by atoms with Crippen molar-refractivity contribution in [3.63, 3.8) is 0 Å². The second-order valence-electron chi connectivity index (χ2n) is 4.89. The van der Waals surface area contributed by atoms with Gasteiger partial charge in [0.1, 0.15) is 0 Å². The first-order chi connectivity index (χ1) is 9.65. The first-order valence-electron chi connectivity index (χ1n) is 6.95. The van der Waals surface area contributed by atoms with Crippen LogP contribution in [-0.2, 0) is 0 Å². The number of carbonyl (C=O) groups excluding carboxylic acids is 1. The second kappa shape index (κ2) is 6.88. The SMILES string of the molecule is CCSC1CCCC1NC(=O)c1ccc(OC)c(O)c1. The van der Waals surface area contributed by atoms with Crippen LogP contribution in [-0.4, -0.2) is 35.2 Å². The van der Waals surface area contributed by atoms with Crippen LogP contribution in [0.1, 0.15) is 36.5 Å². The topological polar surface area (TPSA) is 58.6 Å². The lowest BCUT2D eigenvalue weighted by Crippen LogP contribution is -2.38. The molecular formula is C15H21NO3S. The summed E-state index contributed by atoms with van der Waals surface area (Å²) in [6, 6.07) is 4.96. The highest BCUT2D eigenvalue weighted by Crippen LogP contribution is 2.30. The van der Waals surface area contributed by atoms with Gasteiger partial charge in [-0.3, -0.25) is 4.79 Å². The molecule has 5 heteroatoms. The maximum atomic E-state index is 12.2. The number of benzene rings is 1. The Labute approximate surface area is 123 Å². The Kier molecular flexibility index (Phi) is 5.17. The van der Waals surface area contributed by atoms with Crippen LogP contribution in [0.4, 0.5) is 0 Å². The number of thioether (sulfide) groups is 1. The lowest BCUT2D eigenvalue weighted by Gasteiger charge is -2.20. The van der Waals surface area contributed by atoms with E-state index in [1.807, 2.05) is 11.8 Å². The minimum Gasteiger partial charge on any atom is -0.504 e. The molecule has 0 saturated heterocycles. The molecule has 1 aliphatic carbocycles. The van der Waals surface area contributed by atoms with E-state index in [0.29, 0.717) is 16.6 Å². The van der Waals surface area contributed by atoms with Crippen molar-refractivity contribution in [1.82, 2.24) is 5.32 Å². The highest BCUT2D eigenvalue weighted by atomic mass is 32.2. The number of amides is 1. The van der Waals surface area contributed by atoms with Crippen molar-refractivity contribution < 1.29 is 14.6 Å². The van der Waals surface area contributed by atoms with E-state index >= 15 is 0 Å². The zero-order valence-corrected chi connectivity index (χ0v) is 12.7. The summed E-state index contributed by atoms with van der Waals surface area (Å²) in [4.78, 5) is 12.2. The van der Waals surface area contributed by atoms with Crippen molar-refractivity contribution in [3.05, 3.63) is 23.8 Å². The molecule has 110 valence electrons. The van der Waals surface area contributed by atoms with Gasteiger partial charge >= 0.3 is 0 Å². The first-order valence-corrected chi connectivity index (χ1v) is 8.00. The maximum Gasteiger partial charge on any atom is 0.251 e. The second-order valence-corrected chi connectivity index (χ2v) is 6.41. The van der Waals surface area contributed by atoms with Crippen LogP contribution in [0.5, 0.6) is 11.5 Å². The van der Waals surface area contributed by atoms with Gasteiger partial charge in [0.25, 0.3) is 5.91 Å². The Balaban J connectivity index is 2.02. The largest absolute Gasteiger partial charge is 0.504 e. The number of aromatic hydroxyl groups is 1. The minimum absolute atomic E-state index is 0.00828. The standard InChI is InChI=1S/C15H21NO3S/c1-3-20-14-6-4-5-11(14)16-15(18)10-7-8-13(19-2)12(17)9-10/h7-9,11,14,17H,3-6H2,1-2H3,(H,16,18). The number of hydrogen-bond donors (Lipinski definition) is 2. The number of rotatable bonds is 5. The molecule has 1 fully saturated rings. The first kappa shape index (κ1) is 15.0. The van der Waals surface area contributed by atoms with Crippen LogP contribution in [0.15, 0.2) is 18.2 Å². The molecule has 0 bridgehead atoms. The molecule has 1 amide bonds. The summed E-state index contributed by atoms with van der Waals surface area (Å²) in [7, 11) is 1.49. The third kappa shape index (κ3) is 3.39. The molecule has 0 heterocycles. The van der Waals surface area contributed by atoms with Crippen LogP contribution in [0, 0.1) is 0 Å². The van der Waals surface area contributed by atoms with E-state index in [2.05, 4.69) is 12.2 Å². The molecule has 0 aliphatic heterocycles. The van der Waals surface area contributed by atoms with Crippen molar-refractivity contribution in [2.75, 3.05) is 12.9 Å². The molecule has 1 saturated carbocycles. The quantitative estimate of drug-likeness (QED) is 0.877. The summed E-state index contributed by atoms with van der Waals surface area (Å²) in [5, 5.41) is 13.3. The van der Waals surface area contributed by atoms with Crippen molar-refractivity contribution in [2.24, 2.45) is 0 Å². The lowest BCUT2D eigenvalue weighted by atomic mass is 10.1. The van der Waals surface area contributed by atoms with E-state index in [9.17, 15) is 9.90 Å². The average molecular weight is 295 g/mol. The van der Waals surface area contributed by atoms with Crippen LogP contribution >= 0.6 is 11.8 Å². The summed E-state index contributed by atoms with van der Waals surface area (Å²) in [5.41, 5.74) is 0.468. The predicted molar refractivity (Wildman–Crippen MR) is 81.7 cm³/mol. The Hall–Kier alpha value is -1.36. The molecule has 1 aromatic rings. The Morgan fingerprint density at radius 2 is 2.30 bits per heavy atom. The van der Waals surface area contributed by atoms with Gasteiger partial charge in [-0.25, -0.2) is 0 Å². The van der Waals surface area contributed by atoms with Gasteiger partial charge < -0.3 is 15.2 Å². The summed E-state index contributed by atoms with van der Waals surface area (Å²) in [5.74, 6) is 1.31. The molecular weight excluding hydrogens is 274 g/mol. The maximum absolute atomic E-state index is 12.2. The summed E-state index contributed by atoms with van der Waals surface area (Å²) in [6.07, 6.45) is 3.36. The highest BCUT2D eigenvalue weighted by molar-refractivity contribution is 7.99. The fraction of sp³-hybridized carbons (Fsp3) is 0.533. The van der Waals surface area contributed by atoms with Crippen LogP contribution in [0.2, 0.25) is 0 Å². The lowest BCUT2D eigenvalue weighted by molar-refractivity contribution is 0.0938. The fourth-order valence-corrected chi connectivity index (χ4v) is 3.79. The Bertz CT molecular complexity index is 478. The van der Waals surface area contributed by atoms with Crippen molar-refractivity contribution >= 4 is 17.7 Å². The van der Waals surface area contributed by atoms with Crippen LogP contribution in [0.3, 0.4) is 0 Å². The molecule has 0 radical (unpaired) electrons. The number of methoxy groups -OCH3 is 1. The molecule has 1 aromatic carbocycles. The van der Waals surface area contributed by atoms with Gasteiger partial charge in [-0.15, -0.1) is 0 Å². The molecule has 20 heavy (non-hydrogen) atoms. The van der Waals surface area contributed by atoms with E-state index in [-0.39, 0.29) is 17.7 Å². The summed E-state index contributed by atoms with van der Waals surface area (Å²) >= 11 is 1.91. The number of nitrogens with one attached hydrogen (secondary N) is 1. The molecule has 2 unspecified atom stereocenters. The van der Waals surface area contributed by atoms with E-state index in [4.69, 9.17) is 4.74 Å². The number of carbonyl (C=O) groups is 1. The van der Waals surface area contributed by atoms with Gasteiger partial charge in [0.15, 0.2) is 11.5 Å². The number of hydrogen-bond acceptors (Lipinski definition) is 4. The summed E-state index contributed by atoms with van der Waals surface area (Å²) in [6.45, 7) is 2.14. The Morgan fingerprint density at radius 3 is 2.95 bits per heavy atom. The van der Waals surface area contributed by atoms with Gasteiger partial charge in [-0.05, 0) is 36.8 Å². The number of phenolic OH excluding ortho intramolecular Hbond substituents is 1. The third-order valence-corrected chi connectivity index (χ3v) is 4.92. The average Bonchev–Trinajstić information content (AvgIpc) is 2.86. The molecule has 2 rings (SSSR count). The van der Waals surface area contributed by atoms with Crippen molar-refractivity contribution in [3.8, 4) is 11.5 Å². The Morgan fingerprint density at radius 1 is 1.50 bits per heavy atom. The molecule has 0 aromatic heterocycles. The van der Waals surface area contributed by atoms with E-state index in [0.717, 1.165) is 25.0 Å². The van der Waals surface area contributed by atoms with E-state index < -0.39 is 0 Å².